The summed E-state index contributed by atoms with van der Waals surface area (Å²) in [5, 5.41) is 23.2. The molecule has 0 aliphatic rings. The standard InChI is InChI=1S/C26H34BF5N6O5/c28-18-14-19(29)22(13-17(18)27(42)43)37-25(41)21(7-3-15-1-4-16(5-2-15)26(30,31)32)36-24(40)20(35)6-8-23(39)38(11-9-33)12-10-34/h1-2,4-5,13-14,20-21,42-43H,3,6-12,33-35H2,(H,36,40)(H,37,41). The van der Waals surface area contributed by atoms with Gasteiger partial charge in [-0.3, -0.25) is 14.4 Å². The molecule has 0 spiro atoms. The Morgan fingerprint density at radius 2 is 1.53 bits per heavy atom. The minimum absolute atomic E-state index is 0.0101. The normalized spacial score (nSPS) is 12.8. The lowest BCUT2D eigenvalue weighted by Gasteiger charge is -2.23. The highest BCUT2D eigenvalue weighted by Gasteiger charge is 2.30. The lowest BCUT2D eigenvalue weighted by Crippen LogP contribution is -2.50. The zero-order chi connectivity index (χ0) is 32.3. The molecule has 10 N–H and O–H groups in total. The number of anilines is 1. The van der Waals surface area contributed by atoms with E-state index in [0.29, 0.717) is 17.7 Å². The molecule has 0 bridgehead atoms. The average molecular weight is 616 g/mol. The maximum Gasteiger partial charge on any atom is 0.491 e. The molecule has 3 amide bonds. The number of nitrogens with one attached hydrogen (secondary N) is 2. The molecule has 0 radical (unpaired) electrons. The third kappa shape index (κ3) is 10.9. The van der Waals surface area contributed by atoms with E-state index in [9.17, 15) is 46.4 Å². The number of rotatable bonds is 15. The second kappa shape index (κ2) is 16.3. The van der Waals surface area contributed by atoms with Gasteiger partial charge in [-0.2, -0.15) is 13.2 Å². The van der Waals surface area contributed by atoms with Crippen molar-refractivity contribution in [3.8, 4) is 0 Å². The summed E-state index contributed by atoms with van der Waals surface area (Å²) in [6.07, 6.45) is -5.01. The summed E-state index contributed by atoms with van der Waals surface area (Å²) in [7, 11) is -2.32. The maximum atomic E-state index is 14.4. The number of hydrogen-bond donors (Lipinski definition) is 7. The number of halogens is 5. The Labute approximate surface area is 244 Å². The Hall–Kier alpha value is -3.64. The minimum atomic E-state index is -4.56. The summed E-state index contributed by atoms with van der Waals surface area (Å²) < 4.78 is 66.9. The fraction of sp³-hybridized carbons (Fsp3) is 0.423. The number of nitrogens with zero attached hydrogens (tertiary/aromatic N) is 1. The molecule has 17 heteroatoms. The second-order valence-electron chi connectivity index (χ2n) is 9.61. The van der Waals surface area contributed by atoms with Gasteiger partial charge in [0.15, 0.2) is 0 Å². The van der Waals surface area contributed by atoms with Crippen molar-refractivity contribution in [1.29, 1.82) is 0 Å². The van der Waals surface area contributed by atoms with Crippen molar-refractivity contribution in [2.24, 2.45) is 17.2 Å². The first-order valence-corrected chi connectivity index (χ1v) is 13.2. The zero-order valence-electron chi connectivity index (χ0n) is 23.0. The Morgan fingerprint density at radius 1 is 0.930 bits per heavy atom. The van der Waals surface area contributed by atoms with Gasteiger partial charge in [0, 0.05) is 44.1 Å². The molecule has 0 aliphatic heterocycles. The average Bonchev–Trinajstić information content (AvgIpc) is 2.94. The van der Waals surface area contributed by atoms with E-state index in [0.717, 1.165) is 12.1 Å². The number of nitrogens with two attached hydrogens (primary N) is 3. The van der Waals surface area contributed by atoms with Crippen LogP contribution in [0.25, 0.3) is 0 Å². The molecule has 0 fully saturated rings. The lowest BCUT2D eigenvalue weighted by atomic mass is 9.79. The van der Waals surface area contributed by atoms with Crippen LogP contribution in [0.2, 0.25) is 0 Å². The first-order valence-electron chi connectivity index (χ1n) is 13.2. The molecule has 0 saturated heterocycles. The van der Waals surface area contributed by atoms with Crippen molar-refractivity contribution in [2.45, 2.75) is 43.9 Å². The van der Waals surface area contributed by atoms with E-state index in [1.165, 1.54) is 17.0 Å². The summed E-state index contributed by atoms with van der Waals surface area (Å²) >= 11 is 0. The van der Waals surface area contributed by atoms with Gasteiger partial charge in [0.2, 0.25) is 17.7 Å². The summed E-state index contributed by atoms with van der Waals surface area (Å²) in [5.74, 6) is -4.74. The molecule has 2 rings (SSSR count). The molecular formula is C26H34BF5N6O5. The van der Waals surface area contributed by atoms with Gasteiger partial charge >= 0.3 is 13.3 Å². The molecule has 2 aromatic rings. The van der Waals surface area contributed by atoms with Crippen LogP contribution in [0.4, 0.5) is 27.6 Å². The SMILES string of the molecule is NCCN(CCN)C(=O)CCC(N)C(=O)NC(CCc1ccc(C(F)(F)F)cc1)C(=O)Nc1cc(B(O)O)c(F)cc1F. The number of aryl methyl sites for hydroxylation is 1. The third-order valence-electron chi connectivity index (χ3n) is 6.42. The van der Waals surface area contributed by atoms with Crippen molar-refractivity contribution in [3.63, 3.8) is 0 Å². The van der Waals surface area contributed by atoms with E-state index < -0.39 is 65.5 Å². The van der Waals surface area contributed by atoms with Gasteiger partial charge in [0.1, 0.15) is 17.7 Å². The number of hydrogen-bond acceptors (Lipinski definition) is 8. The number of benzene rings is 2. The highest BCUT2D eigenvalue weighted by atomic mass is 19.4. The van der Waals surface area contributed by atoms with Crippen LogP contribution in [-0.4, -0.2) is 78.1 Å². The smallest absolute Gasteiger partial charge is 0.423 e. The van der Waals surface area contributed by atoms with Gasteiger partial charge in [0.25, 0.3) is 0 Å². The Morgan fingerprint density at radius 3 is 2.07 bits per heavy atom. The molecule has 43 heavy (non-hydrogen) atoms. The van der Waals surface area contributed by atoms with Crippen LogP contribution < -0.4 is 33.3 Å². The quantitative estimate of drug-likeness (QED) is 0.103. The van der Waals surface area contributed by atoms with Crippen LogP contribution in [0.3, 0.4) is 0 Å². The predicted octanol–water partition coefficient (Wildman–Crippen LogP) is -0.427. The predicted molar refractivity (Wildman–Crippen MR) is 148 cm³/mol. The van der Waals surface area contributed by atoms with Crippen molar-refractivity contribution >= 4 is 36.0 Å². The maximum absolute atomic E-state index is 14.4. The van der Waals surface area contributed by atoms with Crippen LogP contribution in [0.5, 0.6) is 0 Å². The highest BCUT2D eigenvalue weighted by Crippen LogP contribution is 2.29. The molecule has 2 aromatic carbocycles. The molecule has 0 aliphatic carbocycles. The largest absolute Gasteiger partial charge is 0.491 e. The number of amides is 3. The van der Waals surface area contributed by atoms with Crippen LogP contribution in [0.1, 0.15) is 30.4 Å². The molecule has 0 saturated carbocycles. The third-order valence-corrected chi connectivity index (χ3v) is 6.42. The zero-order valence-corrected chi connectivity index (χ0v) is 23.0. The van der Waals surface area contributed by atoms with Crippen LogP contribution in [-0.2, 0) is 27.0 Å². The van der Waals surface area contributed by atoms with Crippen molar-refractivity contribution < 1.29 is 46.4 Å². The molecule has 11 nitrogen and oxygen atoms in total. The molecule has 0 heterocycles. The molecular weight excluding hydrogens is 582 g/mol. The van der Waals surface area contributed by atoms with E-state index in [-0.39, 0.29) is 57.8 Å². The molecule has 2 atom stereocenters. The van der Waals surface area contributed by atoms with Gasteiger partial charge in [-0.25, -0.2) is 8.78 Å². The Kier molecular flexibility index (Phi) is 13.5. The van der Waals surface area contributed by atoms with Crippen LogP contribution >= 0.6 is 0 Å². The number of carbonyl (C=O) groups excluding carboxylic acids is 3. The summed E-state index contributed by atoms with van der Waals surface area (Å²) in [6.45, 7) is 0.889. The van der Waals surface area contributed by atoms with E-state index in [1.54, 1.807) is 0 Å². The van der Waals surface area contributed by atoms with E-state index in [2.05, 4.69) is 10.6 Å². The first-order chi connectivity index (χ1) is 20.2. The fourth-order valence-corrected chi connectivity index (χ4v) is 4.04. The second-order valence-corrected chi connectivity index (χ2v) is 9.61. The number of alkyl halides is 3. The van der Waals surface area contributed by atoms with Gasteiger partial charge < -0.3 is 42.8 Å². The van der Waals surface area contributed by atoms with Gasteiger partial charge in [0.05, 0.1) is 17.3 Å². The minimum Gasteiger partial charge on any atom is -0.423 e. The van der Waals surface area contributed by atoms with Crippen molar-refractivity contribution in [2.75, 3.05) is 31.5 Å². The highest BCUT2D eigenvalue weighted by molar-refractivity contribution is 6.58. The van der Waals surface area contributed by atoms with E-state index in [4.69, 9.17) is 17.2 Å². The van der Waals surface area contributed by atoms with Gasteiger partial charge in [-0.15, -0.1) is 0 Å². The Bertz CT molecular complexity index is 1250. The monoisotopic (exact) mass is 616 g/mol. The molecule has 236 valence electrons. The van der Waals surface area contributed by atoms with Crippen LogP contribution in [0.15, 0.2) is 36.4 Å². The lowest BCUT2D eigenvalue weighted by molar-refractivity contribution is -0.137. The topological polar surface area (TPSA) is 197 Å². The Balaban J connectivity index is 2.20. The van der Waals surface area contributed by atoms with E-state index in [1.807, 2.05) is 0 Å². The molecule has 2 unspecified atom stereocenters. The number of carbonyl (C=O) groups is 3. The first kappa shape index (κ1) is 35.6. The van der Waals surface area contributed by atoms with Gasteiger partial charge in [-0.05, 0) is 43.0 Å². The van der Waals surface area contributed by atoms with Gasteiger partial charge in [-0.1, -0.05) is 12.1 Å². The summed E-state index contributed by atoms with van der Waals surface area (Å²) in [6, 6.07) is 2.39. The summed E-state index contributed by atoms with van der Waals surface area (Å²) in [4.78, 5) is 39.9. The summed E-state index contributed by atoms with van der Waals surface area (Å²) in [5.41, 5.74) is 15.1. The van der Waals surface area contributed by atoms with Crippen molar-refractivity contribution in [3.05, 3.63) is 59.2 Å². The van der Waals surface area contributed by atoms with Crippen LogP contribution in [0, 0.1) is 11.6 Å². The van der Waals surface area contributed by atoms with Crippen molar-refractivity contribution in [1.82, 2.24) is 10.2 Å². The van der Waals surface area contributed by atoms with E-state index >= 15 is 0 Å². The fourth-order valence-electron chi connectivity index (χ4n) is 4.04. The molecule has 0 aromatic heterocycles.